The van der Waals surface area contributed by atoms with Crippen LogP contribution in [0.25, 0.3) is 10.9 Å². The summed E-state index contributed by atoms with van der Waals surface area (Å²) in [6.07, 6.45) is 3.45. The van der Waals surface area contributed by atoms with Gasteiger partial charge in [0.2, 0.25) is 53.2 Å². The number of carboxylic acid groups (broad SMARTS) is 1. The van der Waals surface area contributed by atoms with Gasteiger partial charge in [-0.2, -0.15) is 0 Å². The molecule has 0 bridgehead atoms. The van der Waals surface area contributed by atoms with Gasteiger partial charge in [0.1, 0.15) is 36.8 Å². The van der Waals surface area contributed by atoms with Crippen LogP contribution in [-0.4, -0.2) is 155 Å². The summed E-state index contributed by atoms with van der Waals surface area (Å²) < 4.78 is 0. The van der Waals surface area contributed by atoms with Crippen molar-refractivity contribution in [3.63, 3.8) is 0 Å². The van der Waals surface area contributed by atoms with E-state index in [0.717, 1.165) is 10.9 Å². The van der Waals surface area contributed by atoms with Crippen molar-refractivity contribution in [2.75, 3.05) is 39.3 Å². The van der Waals surface area contributed by atoms with Crippen LogP contribution in [0.5, 0.6) is 0 Å². The lowest BCUT2D eigenvalue weighted by Crippen LogP contribution is -2.57. The van der Waals surface area contributed by atoms with Crippen LogP contribution in [0.4, 0.5) is 0 Å². The molecule has 11 N–H and O–H groups in total. The van der Waals surface area contributed by atoms with Crippen LogP contribution in [0.1, 0.15) is 64.5 Å². The van der Waals surface area contributed by atoms with Crippen molar-refractivity contribution in [3.05, 3.63) is 71.9 Å². The number of fused-ring (bicyclic) bond motifs is 1. The highest BCUT2D eigenvalue weighted by molar-refractivity contribution is 5.97. The Morgan fingerprint density at radius 1 is 0.629 bits per heavy atom. The zero-order valence-electron chi connectivity index (χ0n) is 39.9. The van der Waals surface area contributed by atoms with E-state index in [0.29, 0.717) is 36.9 Å². The number of nitrogens with two attached hydrogens (primary N) is 1. The normalized spacial score (nSPS) is 17.2. The van der Waals surface area contributed by atoms with E-state index in [1.54, 1.807) is 50.4 Å². The second-order valence-corrected chi connectivity index (χ2v) is 18.2. The van der Waals surface area contributed by atoms with E-state index >= 15 is 0 Å². The molecule has 3 heterocycles. The minimum absolute atomic E-state index is 0.00127. The topological polar surface area (TPSA) is 323 Å². The summed E-state index contributed by atoms with van der Waals surface area (Å²) in [4.78, 5) is 137. The third-order valence-corrected chi connectivity index (χ3v) is 12.3. The summed E-state index contributed by atoms with van der Waals surface area (Å²) in [5, 5.41) is 27.6. The molecule has 70 heavy (non-hydrogen) atoms. The summed E-state index contributed by atoms with van der Waals surface area (Å²) in [7, 11) is 0. The number of aromatic nitrogens is 1. The molecular weight excluding hydrogens is 907 g/mol. The number of benzene rings is 2. The predicted molar refractivity (Wildman–Crippen MR) is 255 cm³/mol. The smallest absolute Gasteiger partial charge is 0.322 e. The number of hydrogen-bond acceptors (Lipinski definition) is 11. The second kappa shape index (κ2) is 25.3. The van der Waals surface area contributed by atoms with Crippen molar-refractivity contribution in [2.45, 2.75) is 102 Å². The molecule has 2 fully saturated rings. The van der Waals surface area contributed by atoms with E-state index in [1.165, 1.54) is 9.80 Å². The Balaban J connectivity index is 1.17. The summed E-state index contributed by atoms with van der Waals surface area (Å²) >= 11 is 0. The van der Waals surface area contributed by atoms with Gasteiger partial charge >= 0.3 is 5.97 Å². The maximum Gasteiger partial charge on any atom is 0.322 e. The van der Waals surface area contributed by atoms with E-state index in [4.69, 9.17) is 10.8 Å². The fraction of sp³-hybridized carbons (Fsp3) is 0.500. The Labute approximate surface area is 405 Å². The lowest BCUT2D eigenvalue weighted by molar-refractivity contribution is -0.142. The molecule has 5 rings (SSSR count). The van der Waals surface area contributed by atoms with Crippen LogP contribution in [0.3, 0.4) is 0 Å². The Hall–Kier alpha value is -7.36. The summed E-state index contributed by atoms with van der Waals surface area (Å²) in [6, 6.07) is 10.0. The number of carbonyl (C=O) groups is 10. The maximum absolute atomic E-state index is 14.0. The van der Waals surface area contributed by atoms with E-state index in [2.05, 4.69) is 42.2 Å². The van der Waals surface area contributed by atoms with E-state index < -0.39 is 122 Å². The van der Waals surface area contributed by atoms with Crippen molar-refractivity contribution in [3.8, 4) is 0 Å². The first-order valence-electron chi connectivity index (χ1n) is 23.5. The summed E-state index contributed by atoms with van der Waals surface area (Å²) in [5.74, 6) is -7.57. The fourth-order valence-electron chi connectivity index (χ4n) is 8.43. The lowest BCUT2D eigenvalue weighted by atomic mass is 10.0. The first kappa shape index (κ1) is 53.6. The predicted octanol–water partition coefficient (Wildman–Crippen LogP) is -1.42. The number of aromatic amines is 1. The number of rotatable bonds is 23. The van der Waals surface area contributed by atoms with Crippen molar-refractivity contribution in [1.29, 1.82) is 0 Å². The molecule has 0 aliphatic carbocycles. The SMILES string of the molecule is CC(C)[C@H](N)C(=O)N1CCC[C@H]1C(=O)NCC(=O)N[C@@H](Cc1c[nH]c2ccccc12)C(=O)NCC(=O)N[C@H](C(=O)N1CCC[C@H]1C(=O)NCC(=O)N[C@@H](Cc1ccccc1)C(=O)NCC(=O)O)C(C)C. The van der Waals surface area contributed by atoms with Gasteiger partial charge in [-0.1, -0.05) is 76.2 Å². The Bertz CT molecular complexity index is 2390. The van der Waals surface area contributed by atoms with Crippen LogP contribution in [0.2, 0.25) is 0 Å². The molecule has 22 heteroatoms. The van der Waals surface area contributed by atoms with Crippen molar-refractivity contribution in [1.82, 2.24) is 52.0 Å². The Morgan fingerprint density at radius 3 is 1.69 bits per heavy atom. The van der Waals surface area contributed by atoms with Gasteiger partial charge < -0.3 is 62.8 Å². The highest BCUT2D eigenvalue weighted by Gasteiger charge is 2.40. The number of carboxylic acids is 1. The van der Waals surface area contributed by atoms with Crippen LogP contribution in [0, 0.1) is 11.8 Å². The minimum atomic E-state index is -1.27. The number of likely N-dealkylation sites (tertiary alicyclic amines) is 2. The molecule has 0 unspecified atom stereocenters. The third-order valence-electron chi connectivity index (χ3n) is 12.3. The number of nitrogens with zero attached hydrogens (tertiary/aromatic N) is 2. The molecule has 6 atom stereocenters. The molecule has 378 valence electrons. The molecule has 2 saturated heterocycles. The van der Waals surface area contributed by atoms with Crippen molar-refractivity contribution < 1.29 is 53.1 Å². The number of H-pyrrole nitrogens is 1. The molecule has 0 spiro atoms. The minimum Gasteiger partial charge on any atom is -0.480 e. The largest absolute Gasteiger partial charge is 0.480 e. The standard InChI is InChI=1S/C48H65N11O11/c1-27(2)41(49)47(69)58-18-10-16-35(58)45(67)52-24-38(61)56-34(21-30-22-50-32-15-9-8-14-31(30)32)44(66)51-25-39(62)57-42(28(3)4)48(70)59-19-11-17-36(59)46(68)53-23-37(60)55-33(43(65)54-26-40(63)64)20-29-12-6-5-7-13-29/h5-9,12-15,22,27-28,33-36,41-42,50H,10-11,16-21,23-26,49H2,1-4H3,(H,51,66)(H,52,67)(H,53,68)(H,54,65)(H,55,60)(H,56,61)(H,57,62)(H,63,64)/t33-,34-,35-,36-,41-,42-/m0/s1. The van der Waals surface area contributed by atoms with Gasteiger partial charge in [-0.25, -0.2) is 0 Å². The molecular formula is C48H65N11O11. The number of hydrogen-bond donors (Lipinski definition) is 10. The molecule has 0 radical (unpaired) electrons. The second-order valence-electron chi connectivity index (χ2n) is 18.2. The fourth-order valence-corrected chi connectivity index (χ4v) is 8.43. The van der Waals surface area contributed by atoms with E-state index in [1.807, 2.05) is 38.1 Å². The van der Waals surface area contributed by atoms with Crippen LogP contribution >= 0.6 is 0 Å². The number of nitrogens with one attached hydrogen (secondary N) is 8. The number of aliphatic carboxylic acids is 1. The third kappa shape index (κ3) is 14.8. The van der Waals surface area contributed by atoms with Gasteiger partial charge in [-0.05, 0) is 54.7 Å². The molecule has 2 aliphatic heterocycles. The molecule has 3 aromatic rings. The molecule has 0 saturated carbocycles. The van der Waals surface area contributed by atoms with Crippen molar-refractivity contribution >= 4 is 70.0 Å². The average Bonchev–Trinajstić information content (AvgIpc) is 4.13. The zero-order valence-corrected chi connectivity index (χ0v) is 39.9. The molecule has 9 amide bonds. The number of para-hydroxylation sites is 1. The van der Waals surface area contributed by atoms with E-state index in [9.17, 15) is 47.9 Å². The summed E-state index contributed by atoms with van der Waals surface area (Å²) in [5.41, 5.74) is 8.26. The van der Waals surface area contributed by atoms with Gasteiger partial charge in [-0.3, -0.25) is 47.9 Å². The van der Waals surface area contributed by atoms with Crippen LogP contribution in [0.15, 0.2) is 60.8 Å². The van der Waals surface area contributed by atoms with E-state index in [-0.39, 0.29) is 37.6 Å². The highest BCUT2D eigenvalue weighted by atomic mass is 16.4. The van der Waals surface area contributed by atoms with Gasteiger partial charge in [0.05, 0.1) is 25.7 Å². The first-order valence-corrected chi connectivity index (χ1v) is 23.5. The van der Waals surface area contributed by atoms with Crippen LogP contribution in [-0.2, 0) is 60.8 Å². The quantitative estimate of drug-likeness (QED) is 0.0524. The van der Waals surface area contributed by atoms with Gasteiger partial charge in [0.15, 0.2) is 0 Å². The van der Waals surface area contributed by atoms with Gasteiger partial charge in [0, 0.05) is 43.0 Å². The van der Waals surface area contributed by atoms with Gasteiger partial charge in [-0.15, -0.1) is 0 Å². The molecule has 2 aromatic carbocycles. The number of amides is 9. The first-order chi connectivity index (χ1) is 33.3. The summed E-state index contributed by atoms with van der Waals surface area (Å²) in [6.45, 7) is 5.26. The zero-order chi connectivity index (χ0) is 51.1. The maximum atomic E-state index is 14.0. The monoisotopic (exact) mass is 971 g/mol. The van der Waals surface area contributed by atoms with Gasteiger partial charge in [0.25, 0.3) is 0 Å². The Morgan fingerprint density at radius 2 is 1.13 bits per heavy atom. The van der Waals surface area contributed by atoms with Crippen LogP contribution < -0.4 is 43.0 Å². The highest BCUT2D eigenvalue weighted by Crippen LogP contribution is 2.22. The Kier molecular flexibility index (Phi) is 19.4. The molecule has 22 nitrogen and oxygen atoms in total. The lowest BCUT2D eigenvalue weighted by Gasteiger charge is -2.30. The number of carbonyl (C=O) groups excluding carboxylic acids is 9. The molecule has 2 aliphatic rings. The van der Waals surface area contributed by atoms with Crippen molar-refractivity contribution in [2.24, 2.45) is 17.6 Å². The average molecular weight is 972 g/mol. The molecule has 1 aromatic heterocycles.